The van der Waals surface area contributed by atoms with Gasteiger partial charge < -0.3 is 5.32 Å². The van der Waals surface area contributed by atoms with E-state index < -0.39 is 10.0 Å². The second-order valence-electron chi connectivity index (χ2n) is 4.63. The van der Waals surface area contributed by atoms with Gasteiger partial charge in [0.05, 0.1) is 11.9 Å². The Morgan fingerprint density at radius 1 is 1.35 bits per heavy atom. The second kappa shape index (κ2) is 6.56. The van der Waals surface area contributed by atoms with E-state index in [1.807, 2.05) is 19.9 Å². The van der Waals surface area contributed by atoms with E-state index in [9.17, 15) is 13.2 Å². The van der Waals surface area contributed by atoms with E-state index in [-0.39, 0.29) is 12.5 Å². The standard InChI is InChI=1S/C14H20N2O3S/c1-5-8-15-14(17)10-16(20(4,18)19)13-7-6-11(2)12(3)9-13/h5-7,9H,1,8,10H2,2-4H3,(H,15,17). The molecule has 0 unspecified atom stereocenters. The van der Waals surface area contributed by atoms with Crippen molar-refractivity contribution < 1.29 is 13.2 Å². The Labute approximate surface area is 120 Å². The van der Waals surface area contributed by atoms with Gasteiger partial charge in [0.15, 0.2) is 0 Å². The lowest BCUT2D eigenvalue weighted by Crippen LogP contribution is -2.40. The van der Waals surface area contributed by atoms with E-state index in [1.165, 1.54) is 0 Å². The molecule has 0 heterocycles. The van der Waals surface area contributed by atoms with Crippen LogP contribution >= 0.6 is 0 Å². The number of carbonyl (C=O) groups is 1. The van der Waals surface area contributed by atoms with Gasteiger partial charge in [-0.15, -0.1) is 6.58 Å². The predicted molar refractivity (Wildman–Crippen MR) is 81.3 cm³/mol. The average Bonchev–Trinajstić information content (AvgIpc) is 2.35. The van der Waals surface area contributed by atoms with Crippen molar-refractivity contribution in [3.63, 3.8) is 0 Å². The number of hydrogen-bond acceptors (Lipinski definition) is 3. The molecule has 1 amide bonds. The summed E-state index contributed by atoms with van der Waals surface area (Å²) in [7, 11) is -3.52. The molecule has 1 rings (SSSR count). The van der Waals surface area contributed by atoms with Gasteiger partial charge in [-0.2, -0.15) is 0 Å². The number of aryl methyl sites for hydroxylation is 2. The number of nitrogens with zero attached hydrogens (tertiary/aromatic N) is 1. The molecule has 1 N–H and O–H groups in total. The fraction of sp³-hybridized carbons (Fsp3) is 0.357. The molecule has 0 fully saturated rings. The third kappa shape index (κ3) is 4.38. The number of sulfonamides is 1. The van der Waals surface area contributed by atoms with Gasteiger partial charge in [-0.05, 0) is 37.1 Å². The highest BCUT2D eigenvalue weighted by molar-refractivity contribution is 7.92. The molecular formula is C14H20N2O3S. The van der Waals surface area contributed by atoms with Gasteiger partial charge in [0.2, 0.25) is 15.9 Å². The lowest BCUT2D eigenvalue weighted by atomic mass is 10.1. The molecule has 20 heavy (non-hydrogen) atoms. The third-order valence-electron chi connectivity index (χ3n) is 2.91. The third-order valence-corrected chi connectivity index (χ3v) is 4.05. The normalized spacial score (nSPS) is 10.9. The van der Waals surface area contributed by atoms with E-state index >= 15 is 0 Å². The smallest absolute Gasteiger partial charge is 0.241 e. The van der Waals surface area contributed by atoms with Crippen LogP contribution in [0.1, 0.15) is 11.1 Å². The van der Waals surface area contributed by atoms with Gasteiger partial charge >= 0.3 is 0 Å². The van der Waals surface area contributed by atoms with E-state index in [4.69, 9.17) is 0 Å². The van der Waals surface area contributed by atoms with Crippen molar-refractivity contribution in [2.24, 2.45) is 0 Å². The lowest BCUT2D eigenvalue weighted by molar-refractivity contribution is -0.119. The Balaban J connectivity index is 3.04. The number of anilines is 1. The summed E-state index contributed by atoms with van der Waals surface area (Å²) < 4.78 is 24.8. The zero-order valence-corrected chi connectivity index (χ0v) is 12.8. The molecule has 0 saturated carbocycles. The monoisotopic (exact) mass is 296 g/mol. The van der Waals surface area contributed by atoms with Gasteiger partial charge in [-0.25, -0.2) is 8.42 Å². The van der Waals surface area contributed by atoms with Gasteiger partial charge in [0.25, 0.3) is 0 Å². The van der Waals surface area contributed by atoms with Crippen LogP contribution in [-0.4, -0.2) is 33.7 Å². The molecule has 0 radical (unpaired) electrons. The van der Waals surface area contributed by atoms with E-state index in [2.05, 4.69) is 11.9 Å². The summed E-state index contributed by atoms with van der Waals surface area (Å²) in [6, 6.07) is 5.30. The van der Waals surface area contributed by atoms with Crippen LogP contribution in [0.25, 0.3) is 0 Å². The maximum atomic E-state index is 11.9. The minimum absolute atomic E-state index is 0.241. The molecule has 0 aromatic heterocycles. The Hall–Kier alpha value is -1.82. The molecule has 0 aliphatic heterocycles. The number of carbonyl (C=O) groups excluding carboxylic acids is 1. The highest BCUT2D eigenvalue weighted by atomic mass is 32.2. The van der Waals surface area contributed by atoms with Crippen molar-refractivity contribution in [2.75, 3.05) is 23.7 Å². The molecule has 0 atom stereocenters. The second-order valence-corrected chi connectivity index (χ2v) is 6.54. The SMILES string of the molecule is C=CCNC(=O)CN(c1ccc(C)c(C)c1)S(C)(=O)=O. The van der Waals surface area contributed by atoms with Crippen molar-refractivity contribution in [1.29, 1.82) is 0 Å². The van der Waals surface area contributed by atoms with Crippen molar-refractivity contribution in [1.82, 2.24) is 5.32 Å². The van der Waals surface area contributed by atoms with Crippen molar-refractivity contribution in [3.8, 4) is 0 Å². The summed E-state index contributed by atoms with van der Waals surface area (Å²) in [5, 5.41) is 2.57. The molecule has 1 aromatic rings. The van der Waals surface area contributed by atoms with Gasteiger partial charge in [0.1, 0.15) is 6.54 Å². The number of nitrogens with one attached hydrogen (secondary N) is 1. The largest absolute Gasteiger partial charge is 0.351 e. The van der Waals surface area contributed by atoms with Crippen molar-refractivity contribution in [3.05, 3.63) is 42.0 Å². The van der Waals surface area contributed by atoms with E-state index in [0.717, 1.165) is 21.7 Å². The van der Waals surface area contributed by atoms with Gasteiger partial charge in [-0.3, -0.25) is 9.10 Å². The zero-order valence-electron chi connectivity index (χ0n) is 12.0. The average molecular weight is 296 g/mol. The zero-order chi connectivity index (χ0) is 15.3. The van der Waals surface area contributed by atoms with Crippen molar-refractivity contribution >= 4 is 21.6 Å². The molecule has 1 aromatic carbocycles. The molecule has 0 saturated heterocycles. The topological polar surface area (TPSA) is 66.5 Å². The van der Waals surface area contributed by atoms with Crippen LogP contribution in [0, 0.1) is 13.8 Å². The minimum atomic E-state index is -3.52. The van der Waals surface area contributed by atoms with E-state index in [1.54, 1.807) is 18.2 Å². The molecule has 0 aliphatic rings. The van der Waals surface area contributed by atoms with Crippen LogP contribution in [0.15, 0.2) is 30.9 Å². The summed E-state index contributed by atoms with van der Waals surface area (Å²) in [6.07, 6.45) is 2.63. The number of benzene rings is 1. The van der Waals surface area contributed by atoms with Crippen LogP contribution in [0.2, 0.25) is 0 Å². The molecule has 6 heteroatoms. The highest BCUT2D eigenvalue weighted by Crippen LogP contribution is 2.20. The molecule has 110 valence electrons. The molecule has 0 bridgehead atoms. The minimum Gasteiger partial charge on any atom is -0.351 e. The highest BCUT2D eigenvalue weighted by Gasteiger charge is 2.20. The first-order valence-corrected chi connectivity index (χ1v) is 8.03. The van der Waals surface area contributed by atoms with Gasteiger partial charge in [0, 0.05) is 6.54 Å². The molecule has 0 aliphatic carbocycles. The predicted octanol–water partition coefficient (Wildman–Crippen LogP) is 1.37. The Bertz CT molecular complexity index is 609. The van der Waals surface area contributed by atoms with Crippen LogP contribution in [0.3, 0.4) is 0 Å². The van der Waals surface area contributed by atoms with Crippen LogP contribution in [0.5, 0.6) is 0 Å². The quantitative estimate of drug-likeness (QED) is 0.806. The number of rotatable bonds is 6. The summed E-state index contributed by atoms with van der Waals surface area (Å²) in [5.74, 6) is -0.367. The molecule has 5 nitrogen and oxygen atoms in total. The van der Waals surface area contributed by atoms with Crippen molar-refractivity contribution in [2.45, 2.75) is 13.8 Å². The number of amides is 1. The number of hydrogen-bond donors (Lipinski definition) is 1. The van der Waals surface area contributed by atoms with Crippen LogP contribution in [0.4, 0.5) is 5.69 Å². The summed E-state index contributed by atoms with van der Waals surface area (Å²) in [5.41, 5.74) is 2.53. The summed E-state index contributed by atoms with van der Waals surface area (Å²) >= 11 is 0. The Morgan fingerprint density at radius 3 is 2.50 bits per heavy atom. The first-order valence-electron chi connectivity index (χ1n) is 6.18. The summed E-state index contributed by atoms with van der Waals surface area (Å²) in [4.78, 5) is 11.7. The fourth-order valence-electron chi connectivity index (χ4n) is 1.65. The van der Waals surface area contributed by atoms with Crippen LogP contribution < -0.4 is 9.62 Å². The maximum absolute atomic E-state index is 11.9. The molecular weight excluding hydrogens is 276 g/mol. The molecule has 0 spiro atoms. The van der Waals surface area contributed by atoms with Gasteiger partial charge in [-0.1, -0.05) is 12.1 Å². The van der Waals surface area contributed by atoms with E-state index in [0.29, 0.717) is 12.2 Å². The Morgan fingerprint density at radius 2 is 2.00 bits per heavy atom. The maximum Gasteiger partial charge on any atom is 0.241 e. The lowest BCUT2D eigenvalue weighted by Gasteiger charge is -2.22. The first kappa shape index (κ1) is 16.2. The Kier molecular flexibility index (Phi) is 5.33. The van der Waals surface area contributed by atoms with Crippen LogP contribution in [-0.2, 0) is 14.8 Å². The fourth-order valence-corrected chi connectivity index (χ4v) is 2.50. The summed E-state index contributed by atoms with van der Waals surface area (Å²) in [6.45, 7) is 7.41. The first-order chi connectivity index (χ1) is 9.25.